The minimum atomic E-state index is -0.433. The summed E-state index contributed by atoms with van der Waals surface area (Å²) in [7, 11) is 0. The Morgan fingerprint density at radius 3 is 2.88 bits per heavy atom. The molecule has 1 aliphatic heterocycles. The minimum absolute atomic E-state index is 0.258. The molecule has 25 heavy (non-hydrogen) atoms. The van der Waals surface area contributed by atoms with Gasteiger partial charge in [0, 0.05) is 12.1 Å². The molecule has 5 heteroatoms. The molecular formula is C20H19NO4. The third-order valence-electron chi connectivity index (χ3n) is 3.82. The summed E-state index contributed by atoms with van der Waals surface area (Å²) in [6.07, 6.45) is 4.10. The van der Waals surface area contributed by atoms with Gasteiger partial charge in [-0.3, -0.25) is 0 Å². The van der Waals surface area contributed by atoms with E-state index in [0.717, 1.165) is 16.7 Å². The Labute approximate surface area is 146 Å². The average molecular weight is 337 g/mol. The van der Waals surface area contributed by atoms with Crippen molar-refractivity contribution in [2.24, 2.45) is 0 Å². The molecule has 0 aliphatic carbocycles. The van der Waals surface area contributed by atoms with E-state index in [4.69, 9.17) is 9.47 Å². The summed E-state index contributed by atoms with van der Waals surface area (Å²) in [4.78, 5) is 23.1. The summed E-state index contributed by atoms with van der Waals surface area (Å²) < 4.78 is 10.1. The number of fused-ring (bicyclic) bond motifs is 1. The van der Waals surface area contributed by atoms with Crippen molar-refractivity contribution in [1.29, 1.82) is 0 Å². The molecule has 1 N–H and O–H groups in total. The maximum absolute atomic E-state index is 11.6. The van der Waals surface area contributed by atoms with Crippen molar-refractivity contribution < 1.29 is 19.1 Å². The van der Waals surface area contributed by atoms with Crippen molar-refractivity contribution in [2.75, 3.05) is 6.54 Å². The minimum Gasteiger partial charge on any atom is -0.457 e. The summed E-state index contributed by atoms with van der Waals surface area (Å²) in [5.74, 6) is -0.270. The van der Waals surface area contributed by atoms with Crippen LogP contribution in [0.4, 0.5) is 4.79 Å². The third-order valence-corrected chi connectivity index (χ3v) is 3.82. The average Bonchev–Trinajstić information content (AvgIpc) is 3.01. The first-order valence-electron chi connectivity index (χ1n) is 8.13. The Morgan fingerprint density at radius 2 is 2.04 bits per heavy atom. The molecule has 0 spiro atoms. The lowest BCUT2D eigenvalue weighted by molar-refractivity contribution is 0.0535. The molecule has 0 radical (unpaired) electrons. The van der Waals surface area contributed by atoms with Crippen LogP contribution in [-0.2, 0) is 22.7 Å². The van der Waals surface area contributed by atoms with Gasteiger partial charge in [-0.25, -0.2) is 9.59 Å². The number of cyclic esters (lactones) is 1. The zero-order valence-electron chi connectivity index (χ0n) is 13.7. The van der Waals surface area contributed by atoms with Gasteiger partial charge in [0.05, 0.1) is 5.56 Å². The number of rotatable bonds is 6. The molecule has 2 aromatic carbocycles. The number of esters is 1. The molecule has 0 unspecified atom stereocenters. The van der Waals surface area contributed by atoms with Gasteiger partial charge in [0.15, 0.2) is 0 Å². The number of alkyl carbamates (subject to hydrolysis) is 1. The molecule has 3 rings (SSSR count). The van der Waals surface area contributed by atoms with Crippen molar-refractivity contribution in [2.45, 2.75) is 19.6 Å². The van der Waals surface area contributed by atoms with Gasteiger partial charge in [-0.15, -0.1) is 0 Å². The topological polar surface area (TPSA) is 64.6 Å². The monoisotopic (exact) mass is 337 g/mol. The van der Waals surface area contributed by atoms with E-state index < -0.39 is 6.09 Å². The number of carbonyl (C=O) groups is 2. The first-order chi connectivity index (χ1) is 12.2. The predicted molar refractivity (Wildman–Crippen MR) is 93.8 cm³/mol. The molecule has 1 aliphatic rings. The molecule has 0 atom stereocenters. The summed E-state index contributed by atoms with van der Waals surface area (Å²) in [5, 5.41) is 2.70. The zero-order chi connectivity index (χ0) is 17.5. The number of ether oxygens (including phenoxy) is 2. The van der Waals surface area contributed by atoms with E-state index in [1.807, 2.05) is 60.7 Å². The number of hydrogen-bond acceptors (Lipinski definition) is 4. The Bertz CT molecular complexity index is 784. The van der Waals surface area contributed by atoms with Crippen molar-refractivity contribution in [3.63, 3.8) is 0 Å². The van der Waals surface area contributed by atoms with Crippen LogP contribution in [0, 0.1) is 0 Å². The fourth-order valence-corrected chi connectivity index (χ4v) is 2.49. The molecule has 1 amide bonds. The van der Waals surface area contributed by atoms with Crippen LogP contribution >= 0.6 is 0 Å². The number of benzene rings is 2. The van der Waals surface area contributed by atoms with Crippen LogP contribution in [0.3, 0.4) is 0 Å². The highest BCUT2D eigenvalue weighted by atomic mass is 16.5. The quantitative estimate of drug-likeness (QED) is 0.645. The molecule has 0 saturated carbocycles. The second kappa shape index (κ2) is 8.15. The van der Waals surface area contributed by atoms with Crippen molar-refractivity contribution >= 4 is 18.1 Å². The maximum Gasteiger partial charge on any atom is 0.407 e. The van der Waals surface area contributed by atoms with Crippen LogP contribution in [0.15, 0.2) is 54.6 Å². The van der Waals surface area contributed by atoms with Gasteiger partial charge in [-0.1, -0.05) is 54.6 Å². The van der Waals surface area contributed by atoms with E-state index in [9.17, 15) is 9.59 Å². The fraction of sp³-hybridized carbons (Fsp3) is 0.200. The van der Waals surface area contributed by atoms with E-state index >= 15 is 0 Å². The van der Waals surface area contributed by atoms with Crippen LogP contribution in [0.1, 0.15) is 33.5 Å². The first kappa shape index (κ1) is 16.8. The third kappa shape index (κ3) is 4.70. The molecule has 0 aromatic heterocycles. The number of amides is 1. The SMILES string of the molecule is O=C(NCCC=Cc1ccc2c(c1)C(=O)OC2)OCc1ccccc1. The van der Waals surface area contributed by atoms with Gasteiger partial charge in [0.2, 0.25) is 0 Å². The number of hydrogen-bond donors (Lipinski definition) is 1. The zero-order valence-corrected chi connectivity index (χ0v) is 13.7. The lowest BCUT2D eigenvalue weighted by atomic mass is 10.1. The fourth-order valence-electron chi connectivity index (χ4n) is 2.49. The molecular weight excluding hydrogens is 318 g/mol. The molecule has 0 fully saturated rings. The standard InChI is InChI=1S/C20H19NO4/c22-19-18-12-15(9-10-17(18)14-24-19)6-4-5-11-21-20(23)25-13-16-7-2-1-3-8-16/h1-4,6-10,12H,5,11,13-14H2,(H,21,23). The second-order valence-electron chi connectivity index (χ2n) is 5.67. The van der Waals surface area contributed by atoms with Crippen LogP contribution in [0.2, 0.25) is 0 Å². The largest absolute Gasteiger partial charge is 0.457 e. The summed E-state index contributed by atoms with van der Waals surface area (Å²) in [6, 6.07) is 15.2. The normalized spacial score (nSPS) is 12.7. The van der Waals surface area contributed by atoms with Gasteiger partial charge < -0.3 is 14.8 Å². The highest BCUT2D eigenvalue weighted by Gasteiger charge is 2.20. The highest BCUT2D eigenvalue weighted by Crippen LogP contribution is 2.21. The smallest absolute Gasteiger partial charge is 0.407 e. The number of nitrogens with one attached hydrogen (secondary N) is 1. The summed E-state index contributed by atoms with van der Waals surface area (Å²) in [5.41, 5.74) is 3.44. The Balaban J connectivity index is 1.38. The highest BCUT2D eigenvalue weighted by molar-refractivity contribution is 5.94. The van der Waals surface area contributed by atoms with Gasteiger partial charge in [0.25, 0.3) is 0 Å². The maximum atomic E-state index is 11.6. The van der Waals surface area contributed by atoms with Gasteiger partial charge in [-0.05, 0) is 23.6 Å². The summed E-state index contributed by atoms with van der Waals surface area (Å²) >= 11 is 0. The Kier molecular flexibility index (Phi) is 5.46. The van der Waals surface area contributed by atoms with Crippen LogP contribution in [0.5, 0.6) is 0 Å². The van der Waals surface area contributed by atoms with E-state index in [0.29, 0.717) is 25.1 Å². The first-order valence-corrected chi connectivity index (χ1v) is 8.13. The Hall–Kier alpha value is -3.08. The Morgan fingerprint density at radius 1 is 1.20 bits per heavy atom. The van der Waals surface area contributed by atoms with Gasteiger partial charge >= 0.3 is 12.1 Å². The van der Waals surface area contributed by atoms with Gasteiger partial charge in [0.1, 0.15) is 13.2 Å². The molecule has 5 nitrogen and oxygen atoms in total. The molecule has 0 bridgehead atoms. The van der Waals surface area contributed by atoms with Crippen molar-refractivity contribution in [3.8, 4) is 0 Å². The molecule has 128 valence electrons. The van der Waals surface area contributed by atoms with E-state index in [-0.39, 0.29) is 12.6 Å². The van der Waals surface area contributed by atoms with Gasteiger partial charge in [-0.2, -0.15) is 0 Å². The van der Waals surface area contributed by atoms with Crippen LogP contribution in [0.25, 0.3) is 6.08 Å². The molecule has 0 saturated heterocycles. The lowest BCUT2D eigenvalue weighted by Crippen LogP contribution is -2.24. The number of carbonyl (C=O) groups excluding carboxylic acids is 2. The van der Waals surface area contributed by atoms with E-state index in [1.165, 1.54) is 0 Å². The summed E-state index contributed by atoms with van der Waals surface area (Å²) in [6.45, 7) is 1.10. The van der Waals surface area contributed by atoms with Crippen molar-refractivity contribution in [3.05, 3.63) is 76.9 Å². The second-order valence-corrected chi connectivity index (χ2v) is 5.67. The van der Waals surface area contributed by atoms with Crippen LogP contribution < -0.4 is 5.32 Å². The lowest BCUT2D eigenvalue weighted by Gasteiger charge is -2.05. The predicted octanol–water partition coefficient (Wildman–Crippen LogP) is 3.69. The molecule has 2 aromatic rings. The van der Waals surface area contributed by atoms with E-state index in [1.54, 1.807) is 0 Å². The van der Waals surface area contributed by atoms with E-state index in [2.05, 4.69) is 5.32 Å². The molecule has 1 heterocycles. The van der Waals surface area contributed by atoms with Crippen LogP contribution in [-0.4, -0.2) is 18.6 Å². The van der Waals surface area contributed by atoms with Crippen molar-refractivity contribution in [1.82, 2.24) is 5.32 Å².